The van der Waals surface area contributed by atoms with Crippen LogP contribution in [0.2, 0.25) is 0 Å². The first-order valence-electron chi connectivity index (χ1n) is 13.5. The Hall–Kier alpha value is -4.34. The van der Waals surface area contributed by atoms with Crippen LogP contribution in [0.1, 0.15) is 48.5 Å². The monoisotopic (exact) mass is 643 g/mol. The van der Waals surface area contributed by atoms with Gasteiger partial charge < -0.3 is 25.2 Å². The number of amides is 3. The minimum absolute atomic E-state index is 0.0746. The number of esters is 1. The molecule has 2 aromatic carbocycles. The Morgan fingerprint density at radius 2 is 1.86 bits per heavy atom. The Balaban J connectivity index is 1.57. The number of halogens is 3. The summed E-state index contributed by atoms with van der Waals surface area (Å²) in [6, 6.07) is 5.91. The lowest BCUT2D eigenvalue weighted by Crippen LogP contribution is -2.52. The largest absolute Gasteiger partial charge is 0.507 e. The minimum Gasteiger partial charge on any atom is -0.507 e. The number of phenolic OH excluding ortho intramolecular Hbond substituents is 1. The van der Waals surface area contributed by atoms with E-state index in [4.69, 9.17) is 4.74 Å². The Bertz CT molecular complexity index is 1510. The predicted octanol–water partition coefficient (Wildman–Crippen LogP) is 2.43. The summed E-state index contributed by atoms with van der Waals surface area (Å²) in [6.07, 6.45) is 0.720. The topological polar surface area (TPSA) is 168 Å². The maximum absolute atomic E-state index is 14.9. The van der Waals surface area contributed by atoms with E-state index >= 15 is 0 Å². The van der Waals surface area contributed by atoms with Crippen LogP contribution in [-0.2, 0) is 35.6 Å². The Morgan fingerprint density at radius 3 is 2.48 bits per heavy atom. The van der Waals surface area contributed by atoms with Crippen molar-refractivity contribution in [3.05, 3.63) is 53.3 Å². The lowest BCUT2D eigenvalue weighted by atomic mass is 10.0. The molecule has 0 saturated carbocycles. The number of sulfonamides is 1. The van der Waals surface area contributed by atoms with Crippen molar-refractivity contribution in [3.8, 4) is 11.5 Å². The van der Waals surface area contributed by atoms with Gasteiger partial charge >= 0.3 is 11.9 Å². The summed E-state index contributed by atoms with van der Waals surface area (Å²) in [6.45, 7) is 0.610. The average Bonchev–Trinajstić information content (AvgIpc) is 3.22. The number of nitrogens with one attached hydrogen (secondary N) is 2. The number of phenols is 1. The van der Waals surface area contributed by atoms with Gasteiger partial charge in [0.15, 0.2) is 0 Å². The SMILES string of the molecule is COC(=O)c1c(O)cccc1OCCCCCNC(=O)[C@H](Cc1ccc(N2C(=O)CCS2(=O)=O)c(F)c1)NC(=O)C(C)(F)F. The van der Waals surface area contributed by atoms with Crippen molar-refractivity contribution in [1.82, 2.24) is 10.6 Å². The minimum atomic E-state index is -4.03. The fraction of sp³-hybridized carbons (Fsp3) is 0.429. The molecular formula is C28H32F3N3O9S. The van der Waals surface area contributed by atoms with E-state index in [0.717, 1.165) is 19.2 Å². The second-order valence-electron chi connectivity index (χ2n) is 9.97. The summed E-state index contributed by atoms with van der Waals surface area (Å²) < 4.78 is 76.9. The van der Waals surface area contributed by atoms with Gasteiger partial charge in [0.1, 0.15) is 28.9 Å². The van der Waals surface area contributed by atoms with Crippen LogP contribution in [0.4, 0.5) is 18.9 Å². The van der Waals surface area contributed by atoms with E-state index in [9.17, 15) is 45.9 Å². The molecule has 12 nitrogen and oxygen atoms in total. The van der Waals surface area contributed by atoms with E-state index in [2.05, 4.69) is 10.1 Å². The Kier molecular flexibility index (Phi) is 11.2. The molecule has 0 aliphatic carbocycles. The highest BCUT2D eigenvalue weighted by atomic mass is 32.2. The van der Waals surface area contributed by atoms with Crippen LogP contribution in [0.15, 0.2) is 36.4 Å². The number of ether oxygens (including phenoxy) is 2. The number of nitrogens with zero attached hydrogens (tertiary/aromatic N) is 1. The number of benzene rings is 2. The van der Waals surface area contributed by atoms with Gasteiger partial charge in [-0.05, 0) is 49.1 Å². The van der Waals surface area contributed by atoms with Gasteiger partial charge in [-0.1, -0.05) is 12.1 Å². The Labute approximate surface area is 251 Å². The van der Waals surface area contributed by atoms with Gasteiger partial charge in [-0.25, -0.2) is 21.9 Å². The van der Waals surface area contributed by atoms with Gasteiger partial charge in [0.2, 0.25) is 21.8 Å². The molecule has 0 spiro atoms. The second-order valence-corrected chi connectivity index (χ2v) is 11.9. The van der Waals surface area contributed by atoms with Crippen LogP contribution >= 0.6 is 0 Å². The highest BCUT2D eigenvalue weighted by molar-refractivity contribution is 7.94. The first kappa shape index (κ1) is 34.2. The van der Waals surface area contributed by atoms with E-state index in [1.807, 2.05) is 5.32 Å². The molecule has 1 aliphatic heterocycles. The van der Waals surface area contributed by atoms with Gasteiger partial charge in [0.05, 0.1) is 25.2 Å². The second kappa shape index (κ2) is 14.4. The number of carbonyl (C=O) groups excluding carboxylic acids is 4. The van der Waals surface area contributed by atoms with Crippen molar-refractivity contribution < 1.29 is 55.3 Å². The zero-order chi connectivity index (χ0) is 32.7. The van der Waals surface area contributed by atoms with E-state index in [1.165, 1.54) is 24.3 Å². The lowest BCUT2D eigenvalue weighted by molar-refractivity contribution is -0.145. The van der Waals surface area contributed by atoms with Crippen LogP contribution in [0, 0.1) is 5.82 Å². The molecule has 1 atom stereocenters. The molecule has 1 heterocycles. The van der Waals surface area contributed by atoms with Crippen molar-refractivity contribution in [2.24, 2.45) is 0 Å². The number of unbranched alkanes of at least 4 members (excludes halogenated alkanes) is 2. The van der Waals surface area contributed by atoms with Gasteiger partial charge in [0, 0.05) is 26.3 Å². The van der Waals surface area contributed by atoms with E-state index in [-0.39, 0.29) is 42.2 Å². The summed E-state index contributed by atoms with van der Waals surface area (Å²) in [5.74, 6) is -9.63. The zero-order valence-corrected chi connectivity index (χ0v) is 24.7. The van der Waals surface area contributed by atoms with Crippen molar-refractivity contribution in [1.29, 1.82) is 0 Å². The summed E-state index contributed by atoms with van der Waals surface area (Å²) in [4.78, 5) is 48.7. The molecule has 0 radical (unpaired) electrons. The maximum Gasteiger partial charge on any atom is 0.345 e. The van der Waals surface area contributed by atoms with Crippen LogP contribution in [0.25, 0.3) is 0 Å². The average molecular weight is 644 g/mol. The van der Waals surface area contributed by atoms with E-state index in [0.29, 0.717) is 30.5 Å². The highest BCUT2D eigenvalue weighted by Crippen LogP contribution is 2.30. The molecule has 3 rings (SSSR count). The van der Waals surface area contributed by atoms with Crippen molar-refractivity contribution in [2.75, 3.05) is 30.3 Å². The molecule has 3 N–H and O–H groups in total. The first-order chi connectivity index (χ1) is 20.7. The summed E-state index contributed by atoms with van der Waals surface area (Å²) >= 11 is 0. The molecule has 1 aliphatic rings. The third-order valence-electron chi connectivity index (χ3n) is 6.54. The Morgan fingerprint density at radius 1 is 1.14 bits per heavy atom. The highest BCUT2D eigenvalue weighted by Gasteiger charge is 2.38. The van der Waals surface area contributed by atoms with Gasteiger partial charge in [-0.3, -0.25) is 14.4 Å². The number of alkyl halides is 2. The predicted molar refractivity (Wildman–Crippen MR) is 150 cm³/mol. The van der Waals surface area contributed by atoms with Gasteiger partial charge in [-0.2, -0.15) is 8.78 Å². The molecule has 1 fully saturated rings. The van der Waals surface area contributed by atoms with Gasteiger partial charge in [-0.15, -0.1) is 0 Å². The zero-order valence-electron chi connectivity index (χ0n) is 23.9. The molecule has 2 aromatic rings. The van der Waals surface area contributed by atoms with Crippen LogP contribution in [0.5, 0.6) is 11.5 Å². The summed E-state index contributed by atoms with van der Waals surface area (Å²) in [5, 5.41) is 14.4. The molecule has 0 unspecified atom stereocenters. The van der Waals surface area contributed by atoms with Crippen LogP contribution in [0.3, 0.4) is 0 Å². The van der Waals surface area contributed by atoms with Gasteiger partial charge in [0.25, 0.3) is 5.91 Å². The molecule has 240 valence electrons. The molecule has 0 bridgehead atoms. The molecule has 44 heavy (non-hydrogen) atoms. The van der Waals surface area contributed by atoms with E-state index in [1.54, 1.807) is 0 Å². The number of rotatable bonds is 14. The standard InChI is InChI=1S/C28H32F3N3O9S/c1-28(30,31)27(39)33-19(16-17-9-10-20(18(29)15-17)34-23(36)11-14-44(34,40)41)25(37)32-12-4-3-5-13-43-22-8-6-7-21(35)24(22)26(38)42-2/h6-10,15,19,35H,3-5,11-14,16H2,1-2H3,(H,32,37)(H,33,39)/t19-/m0/s1. The lowest BCUT2D eigenvalue weighted by Gasteiger charge is -2.21. The number of methoxy groups -OCH3 is 1. The quantitative estimate of drug-likeness (QED) is 0.207. The number of hydrogen-bond acceptors (Lipinski definition) is 9. The number of anilines is 1. The van der Waals surface area contributed by atoms with Crippen LogP contribution < -0.4 is 19.7 Å². The van der Waals surface area contributed by atoms with E-state index < -0.39 is 69.4 Å². The third kappa shape index (κ3) is 8.61. The fourth-order valence-electron chi connectivity index (χ4n) is 4.29. The molecule has 3 amide bonds. The fourth-order valence-corrected chi connectivity index (χ4v) is 5.75. The number of carbonyl (C=O) groups is 4. The van der Waals surface area contributed by atoms with Crippen molar-refractivity contribution >= 4 is 39.4 Å². The molecule has 16 heteroatoms. The summed E-state index contributed by atoms with van der Waals surface area (Å²) in [5.41, 5.74) is -0.543. The molecule has 1 saturated heterocycles. The third-order valence-corrected chi connectivity index (χ3v) is 8.22. The number of hydrogen-bond donors (Lipinski definition) is 3. The van der Waals surface area contributed by atoms with Crippen molar-refractivity contribution in [2.45, 2.75) is 51.0 Å². The number of aromatic hydroxyl groups is 1. The molecule has 0 aromatic heterocycles. The van der Waals surface area contributed by atoms with Crippen molar-refractivity contribution in [3.63, 3.8) is 0 Å². The first-order valence-corrected chi connectivity index (χ1v) is 15.1. The summed E-state index contributed by atoms with van der Waals surface area (Å²) in [7, 11) is -2.87. The van der Waals surface area contributed by atoms with Crippen LogP contribution in [-0.4, -0.2) is 75.2 Å². The normalized spacial score (nSPS) is 15.0. The smallest absolute Gasteiger partial charge is 0.345 e. The maximum atomic E-state index is 14.9. The molecular weight excluding hydrogens is 611 g/mol.